The summed E-state index contributed by atoms with van der Waals surface area (Å²) < 4.78 is 82.6. The van der Waals surface area contributed by atoms with Crippen LogP contribution < -0.4 is 83.4 Å². The molecule has 0 radical (unpaired) electrons. The molecule has 7 aromatic rings. The van der Waals surface area contributed by atoms with Crippen molar-refractivity contribution in [3.05, 3.63) is 171 Å². The number of phenolic OH excluding ortho intramolecular Hbond substituents is 3. The van der Waals surface area contributed by atoms with Crippen LogP contribution >= 0.6 is 23.2 Å². The van der Waals surface area contributed by atoms with Gasteiger partial charge < -0.3 is 133 Å². The summed E-state index contributed by atoms with van der Waals surface area (Å²) in [7, 11) is 1.46. The van der Waals surface area contributed by atoms with Gasteiger partial charge in [0.2, 0.25) is 53.4 Å². The molecular weight excluding hydrogens is 1720 g/mol. The Balaban J connectivity index is 1.01. The molecule has 8 heterocycles. The third kappa shape index (κ3) is 21.9. The van der Waals surface area contributed by atoms with Crippen LogP contribution in [0.3, 0.4) is 0 Å². The van der Waals surface area contributed by atoms with Gasteiger partial charge in [0.25, 0.3) is 11.8 Å². The van der Waals surface area contributed by atoms with Gasteiger partial charge in [0, 0.05) is 72.8 Å². The maximum atomic E-state index is 16.3. The van der Waals surface area contributed by atoms with Gasteiger partial charge in [0.15, 0.2) is 23.9 Å². The summed E-state index contributed by atoms with van der Waals surface area (Å²) in [6, 6.07) is 6.93. The summed E-state index contributed by atoms with van der Waals surface area (Å²) >= 11 is 14.4. The number of hydrogen-bond donors (Lipinski definition) is 21. The fraction of sp³-hybridized carbons (Fsp3) is 0.386. The number of phenols is 3. The van der Waals surface area contributed by atoms with E-state index in [1.165, 1.54) is 50.6 Å². The van der Waals surface area contributed by atoms with Crippen LogP contribution in [0.4, 0.5) is 18.9 Å². The zero-order chi connectivity index (χ0) is 91.9. The molecule has 0 aliphatic carbocycles. The fourth-order valence-corrected chi connectivity index (χ4v) is 15.4. The summed E-state index contributed by atoms with van der Waals surface area (Å²) in [5, 5.41) is 139. The molecule has 7 aliphatic heterocycles. The lowest BCUT2D eigenvalue weighted by Crippen LogP contribution is -2.65. The zero-order valence-corrected chi connectivity index (χ0v) is 69.3. The minimum atomic E-state index is -5.03. The summed E-state index contributed by atoms with van der Waals surface area (Å²) in [6.45, 7) is 5.24. The number of rotatable bonds is 22. The fourth-order valence-electron chi connectivity index (χ4n) is 15.0. The van der Waals surface area contributed by atoms with E-state index in [4.69, 9.17) is 57.4 Å². The molecule has 127 heavy (non-hydrogen) atoms. The van der Waals surface area contributed by atoms with Gasteiger partial charge in [-0.25, -0.2) is 5.43 Å². The van der Waals surface area contributed by atoms with Crippen LogP contribution in [-0.2, 0) is 59.1 Å². The van der Waals surface area contributed by atoms with Crippen molar-refractivity contribution in [3.63, 3.8) is 0 Å². The number of nitriles is 1. The van der Waals surface area contributed by atoms with E-state index in [9.17, 15) is 83.6 Å². The lowest BCUT2D eigenvalue weighted by Gasteiger charge is -2.48. The zero-order valence-electron chi connectivity index (χ0n) is 67.8. The number of nitrogens with zero attached hydrogens (tertiary/aromatic N) is 2. The first-order valence-electron chi connectivity index (χ1n) is 39.4. The number of aliphatic hydroxyl groups excluding tert-OH is 6. The summed E-state index contributed by atoms with van der Waals surface area (Å²) in [4.78, 5) is 138. The van der Waals surface area contributed by atoms with E-state index < -0.39 is 266 Å². The van der Waals surface area contributed by atoms with Crippen LogP contribution in [0, 0.1) is 17.2 Å². The second-order valence-electron chi connectivity index (χ2n) is 31.1. The molecule has 2 fully saturated rings. The molecule has 0 spiro atoms. The molecule has 18 unspecified atom stereocenters. The lowest BCUT2D eigenvalue weighted by molar-refractivity contribution is -0.334. The predicted octanol–water partition coefficient (Wildman–Crippen LogP) is 2.93. The van der Waals surface area contributed by atoms with E-state index in [2.05, 4.69) is 68.4 Å². The number of nitrogens with one attached hydrogen (secondary N) is 11. The minimum absolute atomic E-state index is 0.0503. The van der Waals surface area contributed by atoms with Crippen LogP contribution in [0.15, 0.2) is 122 Å². The van der Waals surface area contributed by atoms with Crippen LogP contribution in [0.1, 0.15) is 127 Å². The van der Waals surface area contributed by atoms with Crippen molar-refractivity contribution in [1.29, 1.82) is 5.26 Å². The van der Waals surface area contributed by atoms with Crippen molar-refractivity contribution in [2.24, 2.45) is 11.7 Å². The number of primary amides is 1. The second-order valence-corrected chi connectivity index (χ2v) is 31.9. The number of pyridine rings is 1. The van der Waals surface area contributed by atoms with E-state index in [1.807, 2.05) is 6.07 Å². The number of aliphatic hydroxyl groups is 6. The Bertz CT molecular complexity index is 5410. The van der Waals surface area contributed by atoms with Crippen molar-refractivity contribution >= 4 is 82.1 Å². The summed E-state index contributed by atoms with van der Waals surface area (Å²) in [5.74, 6) is -17.2. The number of likely N-dealkylation sites (N-methyl/N-ethyl adjacent to an activating group) is 1. The van der Waals surface area contributed by atoms with Crippen LogP contribution in [0.25, 0.3) is 11.1 Å². The molecule has 1 aromatic heterocycles. The molecule has 39 nitrogen and oxygen atoms in total. The van der Waals surface area contributed by atoms with Gasteiger partial charge in [-0.15, -0.1) is 13.2 Å². The Kier molecular flexibility index (Phi) is 29.3. The Morgan fingerprint density at radius 3 is 2.06 bits per heavy atom. The highest BCUT2D eigenvalue weighted by molar-refractivity contribution is 6.32. The number of benzene rings is 6. The highest BCUT2D eigenvalue weighted by Gasteiger charge is 2.53. The molecule has 0 saturated carbocycles. The minimum Gasteiger partial charge on any atom is -0.508 e. The number of hydrogen-bond acceptors (Lipinski definition) is 30. The van der Waals surface area contributed by atoms with Crippen LogP contribution in [0.2, 0.25) is 10.0 Å². The van der Waals surface area contributed by atoms with Gasteiger partial charge >= 0.3 is 6.36 Å². The normalized spacial score (nSPS) is 25.7. The van der Waals surface area contributed by atoms with E-state index in [1.54, 1.807) is 20.8 Å². The highest BCUT2D eigenvalue weighted by atomic mass is 35.5. The molecule has 14 rings (SSSR count). The maximum Gasteiger partial charge on any atom is 0.573 e. The van der Waals surface area contributed by atoms with Crippen molar-refractivity contribution < 1.29 is 135 Å². The second kappa shape index (κ2) is 39.7. The summed E-state index contributed by atoms with van der Waals surface area (Å²) in [6.07, 6.45) is -22.6. The number of alkyl halides is 3. The molecule has 6 aromatic carbocycles. The number of nitrogens with two attached hydrogens (primary N) is 1. The van der Waals surface area contributed by atoms with E-state index >= 15 is 24.0 Å². The highest BCUT2D eigenvalue weighted by Crippen LogP contribution is 2.50. The van der Waals surface area contributed by atoms with Gasteiger partial charge in [0.1, 0.15) is 101 Å². The van der Waals surface area contributed by atoms with Crippen molar-refractivity contribution in [2.75, 3.05) is 25.5 Å². The average molecular weight is 1810 g/mol. The standard InChI is InChI=1S/C83H89Cl2F3N14O25/c1-34(2)18-49(91-5)74(114)100-64-66(108)38-11-14-53(47(84)21-38)122-55-23-40-24-56(70(55)126-81-71(69(111)68(110)57(33-103)124-81)125-59-29-82(4,72(112)35(3)121-59)93-31-36-19-41(32-92-30-36)73(113)95-42-8-6-9-44(25-42)127-83(86,87)88)123-54-15-12-39(22-48(54)85)67(109)65-79(119)99-63(80(120)102-94-17-7-16-89)46-26-43(104)27-52(106)60(46)45-20-37(10-13-51(45)105)61(76(116)101-65)98-77(117)62(40)97-75(115)50(28-58(90)107)96-78(64)118/h6,8-15,19-27,30,32,34-35,49-50,57,59,61-69,71-72,81,91,93-94,103-106,108-112H,7,17-18,28-29,31,33H2,1-5H3,(H2,90,107)(H,95,113)(H,96,118)(H,97,115)(H,98,117)(H,99,119)(H,100,114)(H,101,116)(H,102,120). The van der Waals surface area contributed by atoms with Gasteiger partial charge in [-0.2, -0.15) is 5.26 Å². The van der Waals surface area contributed by atoms with Gasteiger partial charge in [-0.1, -0.05) is 61.3 Å². The number of anilines is 1. The number of halogens is 5. The third-order valence-corrected chi connectivity index (χ3v) is 22.0. The Morgan fingerprint density at radius 2 is 1.41 bits per heavy atom. The number of carbonyl (C=O) groups excluding carboxylic acids is 9. The number of aromatic hydroxyl groups is 3. The van der Waals surface area contributed by atoms with Crippen molar-refractivity contribution in [3.8, 4) is 68.9 Å². The number of carbonyl (C=O) groups is 9. The van der Waals surface area contributed by atoms with Crippen LogP contribution in [-0.4, -0.2) is 210 Å². The molecule has 44 heteroatoms. The molecule has 22 N–H and O–H groups in total. The van der Waals surface area contributed by atoms with Gasteiger partial charge in [-0.3, -0.25) is 53.6 Å². The summed E-state index contributed by atoms with van der Waals surface area (Å²) in [5.41, 5.74) is 6.54. The van der Waals surface area contributed by atoms with Crippen molar-refractivity contribution in [1.82, 2.24) is 58.4 Å². The lowest BCUT2D eigenvalue weighted by atomic mass is 9.84. The molecule has 676 valence electrons. The largest absolute Gasteiger partial charge is 0.573 e. The number of hydrazine groups is 1. The molecule has 11 bridgehead atoms. The average Bonchev–Trinajstić information content (AvgIpc) is 0.763. The van der Waals surface area contributed by atoms with E-state index in [0.717, 1.165) is 84.9 Å². The number of ether oxygens (including phenoxy) is 7. The SMILES string of the molecule is CNC(CC(C)C)C(=O)NC1C(=O)NC(CC(N)=O)C(=O)NC2C(=O)NC3C(=O)NC(C(=O)NC(C(=O)NNCCC#N)c4cc(O)cc(O)c4-c4cc3ccc4O)C(O)c3ccc(c(Cl)c3)Oc3cc2cc(c3OC2OC(CO)C(O)C(O)C2OC2CC(C)(NCc3cncc(C(=O)Nc4cccc(OC(F)(F)F)c4)c3)C(O)C(C)O2)Oc2ccc(cc2Cl)C1O. The molecule has 7 aliphatic rings. The maximum absolute atomic E-state index is 16.3. The monoisotopic (exact) mass is 1810 g/mol. The topological polar surface area (TPSA) is 595 Å². The molecular formula is C83H89Cl2F3N14O25. The third-order valence-electron chi connectivity index (χ3n) is 21.4. The first-order chi connectivity index (χ1) is 60.2. The molecule has 9 amide bonds. The molecule has 2 saturated heterocycles. The van der Waals surface area contributed by atoms with Crippen LogP contribution in [0.5, 0.6) is 51.7 Å². The van der Waals surface area contributed by atoms with Crippen molar-refractivity contribution in [2.45, 2.75) is 176 Å². The first-order valence-corrected chi connectivity index (χ1v) is 40.2. The Hall–Kier alpha value is -12.3. The Labute approximate surface area is 730 Å². The number of fused-ring (bicyclic) bond motifs is 15. The molecule has 18 atom stereocenters. The van der Waals surface area contributed by atoms with E-state index in [-0.39, 0.29) is 66.2 Å². The number of amides is 9. The van der Waals surface area contributed by atoms with Gasteiger partial charge in [0.05, 0.1) is 53.0 Å². The first kappa shape index (κ1) is 93.8. The van der Waals surface area contributed by atoms with Gasteiger partial charge in [-0.05, 0) is 139 Å². The smallest absolute Gasteiger partial charge is 0.508 e. The quantitative estimate of drug-likeness (QED) is 0.0343. The Morgan fingerprint density at radius 1 is 0.748 bits per heavy atom. The predicted molar refractivity (Wildman–Crippen MR) is 436 cm³/mol. The number of aromatic nitrogens is 1. The van der Waals surface area contributed by atoms with E-state index in [0.29, 0.717) is 5.56 Å².